The van der Waals surface area contributed by atoms with E-state index in [1.54, 1.807) is 48.5 Å². The molecule has 0 unspecified atom stereocenters. The number of nitrogens with zero attached hydrogens (tertiary/aromatic N) is 1. The van der Waals surface area contributed by atoms with Crippen molar-refractivity contribution in [3.05, 3.63) is 54.1 Å². The molecule has 2 aromatic carbocycles. The van der Waals surface area contributed by atoms with Gasteiger partial charge in [0, 0.05) is 11.6 Å². The van der Waals surface area contributed by atoms with Gasteiger partial charge >= 0.3 is 0 Å². The maximum atomic E-state index is 12.5. The van der Waals surface area contributed by atoms with Gasteiger partial charge < -0.3 is 9.64 Å². The second-order valence-electron chi connectivity index (χ2n) is 7.47. The smallest absolute Gasteiger partial charge is 0.261 e. The maximum absolute atomic E-state index is 12.5. The molecular weight excluding hydrogens is 420 g/mol. The van der Waals surface area contributed by atoms with E-state index in [9.17, 15) is 8.42 Å². The number of halogens is 1. The van der Waals surface area contributed by atoms with Crippen LogP contribution in [0.2, 0.25) is 0 Å². The largest absolute Gasteiger partial charge is 0.494 e. The fourth-order valence-electron chi connectivity index (χ4n) is 3.11. The van der Waals surface area contributed by atoms with E-state index in [0.717, 1.165) is 37.2 Å². The Labute approximate surface area is 186 Å². The predicted molar refractivity (Wildman–Crippen MR) is 125 cm³/mol. The minimum Gasteiger partial charge on any atom is -0.494 e. The maximum Gasteiger partial charge on any atom is 0.261 e. The van der Waals surface area contributed by atoms with E-state index in [-0.39, 0.29) is 4.90 Å². The van der Waals surface area contributed by atoms with Gasteiger partial charge in [0.2, 0.25) is 0 Å². The zero-order chi connectivity index (χ0) is 21.8. The van der Waals surface area contributed by atoms with Crippen molar-refractivity contribution in [2.45, 2.75) is 49.8 Å². The average Bonchev–Trinajstić information content (AvgIpc) is 2.74. The molecule has 0 saturated heterocycles. The molecule has 0 atom stereocenters. The molecule has 0 fully saturated rings. The van der Waals surface area contributed by atoms with Crippen LogP contribution in [-0.4, -0.2) is 40.1 Å². The first kappa shape index (κ1) is 24.5. The predicted octanol–water partition coefficient (Wildman–Crippen LogP) is 5.51. The van der Waals surface area contributed by atoms with Crippen molar-refractivity contribution in [2.24, 2.45) is 0 Å². The molecule has 0 amide bonds. The van der Waals surface area contributed by atoms with Gasteiger partial charge in [-0.1, -0.05) is 31.9 Å². The summed E-state index contributed by atoms with van der Waals surface area (Å²) in [7, 11) is -1.45. The zero-order valence-corrected chi connectivity index (χ0v) is 19.5. The van der Waals surface area contributed by atoms with Crippen molar-refractivity contribution in [1.82, 2.24) is 4.90 Å². The topological polar surface area (TPSA) is 58.6 Å². The summed E-state index contributed by atoms with van der Waals surface area (Å²) in [4.78, 5) is 2.58. The van der Waals surface area contributed by atoms with Crippen LogP contribution in [0.15, 0.2) is 53.4 Å². The highest BCUT2D eigenvalue weighted by atomic mass is 35.5. The molecule has 0 aliphatic heterocycles. The van der Waals surface area contributed by atoms with Gasteiger partial charge in [0.05, 0.1) is 11.5 Å². The summed E-state index contributed by atoms with van der Waals surface area (Å²) in [5.41, 5.74) is 1.38. The summed E-state index contributed by atoms with van der Waals surface area (Å²) in [6, 6.07) is 13.5. The Kier molecular flexibility index (Phi) is 10.5. The molecule has 30 heavy (non-hydrogen) atoms. The molecule has 5 nitrogen and oxygen atoms in total. The molecule has 0 heterocycles. The van der Waals surface area contributed by atoms with Crippen LogP contribution < -0.4 is 9.46 Å². The van der Waals surface area contributed by atoms with Gasteiger partial charge in [-0.2, -0.15) is 0 Å². The fraction of sp³-hybridized carbons (Fsp3) is 0.478. The van der Waals surface area contributed by atoms with E-state index < -0.39 is 10.0 Å². The van der Waals surface area contributed by atoms with Crippen molar-refractivity contribution in [2.75, 3.05) is 31.5 Å². The molecule has 166 valence electrons. The van der Waals surface area contributed by atoms with Crippen molar-refractivity contribution in [3.8, 4) is 5.75 Å². The Bertz CT molecular complexity index is 840. The van der Waals surface area contributed by atoms with E-state index in [0.29, 0.717) is 18.2 Å². The molecule has 0 aromatic heterocycles. The lowest BCUT2D eigenvalue weighted by atomic mass is 10.2. The number of rotatable bonds is 14. The van der Waals surface area contributed by atoms with Crippen LogP contribution >= 0.6 is 11.6 Å². The van der Waals surface area contributed by atoms with Gasteiger partial charge in [0.25, 0.3) is 10.0 Å². The van der Waals surface area contributed by atoms with Crippen LogP contribution in [0.25, 0.3) is 0 Å². The molecule has 0 aliphatic rings. The lowest BCUT2D eigenvalue weighted by Gasteiger charge is -2.14. The van der Waals surface area contributed by atoms with Crippen LogP contribution in [0.3, 0.4) is 0 Å². The molecule has 0 radical (unpaired) electrons. The summed E-state index contributed by atoms with van der Waals surface area (Å²) < 4.78 is 33.3. The van der Waals surface area contributed by atoms with Crippen LogP contribution in [-0.2, 0) is 15.9 Å². The lowest BCUT2D eigenvalue weighted by molar-refractivity contribution is 0.296. The lowest BCUT2D eigenvalue weighted by Crippen LogP contribution is -2.20. The van der Waals surface area contributed by atoms with Crippen molar-refractivity contribution < 1.29 is 13.2 Å². The van der Waals surface area contributed by atoms with E-state index in [2.05, 4.69) is 23.6 Å². The number of ether oxygens (including phenoxy) is 1. The summed E-state index contributed by atoms with van der Waals surface area (Å²) in [6.07, 6.45) is 5.81. The van der Waals surface area contributed by atoms with Crippen molar-refractivity contribution >= 4 is 27.3 Å². The second-order valence-corrected chi connectivity index (χ2v) is 9.42. The molecule has 1 N–H and O–H groups in total. The highest BCUT2D eigenvalue weighted by molar-refractivity contribution is 7.92. The number of alkyl halides is 1. The number of sulfonamides is 1. The molecular formula is C23H33ClN2O3S. The first-order valence-electron chi connectivity index (χ1n) is 10.5. The van der Waals surface area contributed by atoms with E-state index >= 15 is 0 Å². The zero-order valence-electron chi connectivity index (χ0n) is 17.9. The van der Waals surface area contributed by atoms with Gasteiger partial charge in [0.15, 0.2) is 0 Å². The van der Waals surface area contributed by atoms with Crippen LogP contribution in [0.4, 0.5) is 5.69 Å². The Morgan fingerprint density at radius 1 is 0.933 bits per heavy atom. The Hall–Kier alpha value is -1.76. The quantitative estimate of drug-likeness (QED) is 0.303. The van der Waals surface area contributed by atoms with Crippen LogP contribution in [0.1, 0.15) is 44.6 Å². The number of anilines is 1. The first-order chi connectivity index (χ1) is 14.4. The highest BCUT2D eigenvalue weighted by Crippen LogP contribution is 2.20. The minimum absolute atomic E-state index is 0.206. The summed E-state index contributed by atoms with van der Waals surface area (Å²) in [5, 5.41) is 0. The van der Waals surface area contributed by atoms with Crippen LogP contribution in [0, 0.1) is 0 Å². The normalized spacial score (nSPS) is 11.6. The Balaban J connectivity index is 1.71. The monoisotopic (exact) mass is 452 g/mol. The van der Waals surface area contributed by atoms with E-state index in [4.69, 9.17) is 16.3 Å². The number of nitrogens with one attached hydrogen (secondary N) is 1. The van der Waals surface area contributed by atoms with Crippen molar-refractivity contribution in [1.29, 1.82) is 0 Å². The van der Waals surface area contributed by atoms with E-state index in [1.165, 1.54) is 19.3 Å². The average molecular weight is 453 g/mol. The third-order valence-electron chi connectivity index (χ3n) is 4.80. The fourth-order valence-corrected chi connectivity index (χ4v) is 4.35. The molecule has 2 rings (SSSR count). The van der Waals surface area contributed by atoms with Gasteiger partial charge in [-0.05, 0) is 81.4 Å². The molecule has 2 aromatic rings. The van der Waals surface area contributed by atoms with Crippen molar-refractivity contribution in [3.63, 3.8) is 0 Å². The third-order valence-corrected chi connectivity index (χ3v) is 6.51. The number of hydrogen-bond donors (Lipinski definition) is 1. The first-order valence-corrected chi connectivity index (χ1v) is 12.6. The molecule has 0 aliphatic carbocycles. The number of benzene rings is 2. The number of unbranched alkanes of at least 4 members (excludes halogenated alkanes) is 3. The second kappa shape index (κ2) is 12.8. The molecule has 7 heteroatoms. The number of hydrogen-bond acceptors (Lipinski definition) is 4. The molecule has 0 spiro atoms. The van der Waals surface area contributed by atoms with Gasteiger partial charge in [-0.3, -0.25) is 4.72 Å². The summed E-state index contributed by atoms with van der Waals surface area (Å²) in [6.45, 7) is 5.19. The standard InChI is InChI=1S/C23H33ClN2O3S/c1-3-16-26(2)17-6-4-5-7-18-29-22-12-10-21(11-13-22)25-30(27,28)23-14-8-20(19-24)9-15-23/h8-15,25H,3-7,16-19H2,1-2H3. The Morgan fingerprint density at radius 3 is 2.23 bits per heavy atom. The summed E-state index contributed by atoms with van der Waals surface area (Å²) >= 11 is 5.75. The molecule has 0 bridgehead atoms. The summed E-state index contributed by atoms with van der Waals surface area (Å²) in [5.74, 6) is 1.10. The van der Waals surface area contributed by atoms with Gasteiger partial charge in [0.1, 0.15) is 5.75 Å². The van der Waals surface area contributed by atoms with Gasteiger partial charge in [-0.15, -0.1) is 11.6 Å². The van der Waals surface area contributed by atoms with Gasteiger partial charge in [-0.25, -0.2) is 8.42 Å². The van der Waals surface area contributed by atoms with E-state index in [1.807, 2.05) is 0 Å². The third kappa shape index (κ3) is 8.54. The highest BCUT2D eigenvalue weighted by Gasteiger charge is 2.14. The SMILES string of the molecule is CCCN(C)CCCCCCOc1ccc(NS(=O)(=O)c2ccc(CCl)cc2)cc1. The minimum atomic E-state index is -3.63. The van der Waals surface area contributed by atoms with Crippen LogP contribution in [0.5, 0.6) is 5.75 Å². The molecule has 0 saturated carbocycles. The Morgan fingerprint density at radius 2 is 1.60 bits per heavy atom.